The zero-order chi connectivity index (χ0) is 12.7. The molecule has 3 rings (SSSR count). The lowest BCUT2D eigenvalue weighted by Crippen LogP contribution is -2.34. The monoisotopic (exact) mass is 246 g/mol. The molecule has 1 aromatic carbocycles. The molecule has 1 amide bonds. The zero-order valence-corrected chi connectivity index (χ0v) is 10.5. The summed E-state index contributed by atoms with van der Waals surface area (Å²) < 4.78 is 0. The Bertz CT molecular complexity index is 475. The van der Waals surface area contributed by atoms with Gasteiger partial charge in [-0.3, -0.25) is 4.79 Å². The number of benzene rings is 1. The van der Waals surface area contributed by atoms with Crippen LogP contribution in [-0.4, -0.2) is 41.6 Å². The van der Waals surface area contributed by atoms with Crippen LogP contribution in [0.2, 0.25) is 0 Å². The number of fused-ring (bicyclic) bond motifs is 1. The van der Waals surface area contributed by atoms with Crippen LogP contribution in [-0.2, 0) is 0 Å². The van der Waals surface area contributed by atoms with Crippen molar-refractivity contribution in [3.63, 3.8) is 0 Å². The number of phenols is 1. The maximum atomic E-state index is 12.4. The Hall–Kier alpha value is -1.55. The average molecular weight is 246 g/mol. The Morgan fingerprint density at radius 3 is 3.06 bits per heavy atom. The summed E-state index contributed by atoms with van der Waals surface area (Å²) in [5.41, 5.74) is 1.17. The van der Waals surface area contributed by atoms with Crippen molar-refractivity contribution in [2.45, 2.75) is 19.4 Å². The number of aromatic hydroxyl groups is 1. The number of amides is 1. The van der Waals surface area contributed by atoms with Crippen molar-refractivity contribution >= 4 is 5.91 Å². The molecule has 0 saturated carbocycles. The summed E-state index contributed by atoms with van der Waals surface area (Å²) in [4.78, 5) is 14.2. The normalized spacial score (nSPS) is 26.4. The number of hydrogen-bond donors (Lipinski definition) is 2. The minimum Gasteiger partial charge on any atom is -0.507 e. The fourth-order valence-corrected chi connectivity index (χ4v) is 3.02. The lowest BCUT2D eigenvalue weighted by molar-refractivity contribution is 0.0779. The largest absolute Gasteiger partial charge is 0.507 e. The summed E-state index contributed by atoms with van der Waals surface area (Å²) >= 11 is 0. The summed E-state index contributed by atoms with van der Waals surface area (Å²) in [6.45, 7) is 4.44. The molecule has 2 saturated heterocycles. The third kappa shape index (κ3) is 1.77. The second-order valence-corrected chi connectivity index (χ2v) is 5.29. The van der Waals surface area contributed by atoms with Gasteiger partial charge >= 0.3 is 0 Å². The van der Waals surface area contributed by atoms with Gasteiger partial charge in [-0.05, 0) is 37.4 Å². The summed E-state index contributed by atoms with van der Waals surface area (Å²) in [6.07, 6.45) is 1.15. The first-order valence-corrected chi connectivity index (χ1v) is 6.48. The Kier molecular flexibility index (Phi) is 2.74. The molecule has 0 spiro atoms. The van der Waals surface area contributed by atoms with Crippen molar-refractivity contribution in [3.05, 3.63) is 29.3 Å². The van der Waals surface area contributed by atoms with E-state index >= 15 is 0 Å². The Labute approximate surface area is 107 Å². The fourth-order valence-electron chi connectivity index (χ4n) is 3.02. The van der Waals surface area contributed by atoms with Gasteiger partial charge in [0, 0.05) is 19.1 Å². The van der Waals surface area contributed by atoms with Gasteiger partial charge in [-0.15, -0.1) is 0 Å². The standard InChI is InChI=1S/C14H18N2O2/c1-9-3-2-4-11(13(9)17)14(18)16-7-10-5-6-15-12(10)8-16/h2-4,10,12,15,17H,5-8H2,1H3/t10-,12+/m0/s1. The van der Waals surface area contributed by atoms with Crippen molar-refractivity contribution in [3.8, 4) is 5.75 Å². The van der Waals surface area contributed by atoms with E-state index in [1.165, 1.54) is 0 Å². The van der Waals surface area contributed by atoms with E-state index in [1.807, 2.05) is 24.0 Å². The Balaban J connectivity index is 1.81. The molecule has 0 aliphatic carbocycles. The van der Waals surface area contributed by atoms with Gasteiger partial charge in [-0.1, -0.05) is 12.1 Å². The maximum Gasteiger partial charge on any atom is 0.257 e. The first-order chi connectivity index (χ1) is 8.66. The lowest BCUT2D eigenvalue weighted by Gasteiger charge is -2.18. The topological polar surface area (TPSA) is 52.6 Å². The molecule has 2 aliphatic rings. The van der Waals surface area contributed by atoms with Gasteiger partial charge in [0.1, 0.15) is 5.75 Å². The van der Waals surface area contributed by atoms with Crippen LogP contribution >= 0.6 is 0 Å². The zero-order valence-electron chi connectivity index (χ0n) is 10.5. The highest BCUT2D eigenvalue weighted by atomic mass is 16.3. The number of likely N-dealkylation sites (tertiary alicyclic amines) is 1. The molecule has 4 heteroatoms. The molecule has 2 atom stereocenters. The predicted molar refractivity (Wildman–Crippen MR) is 68.6 cm³/mol. The highest BCUT2D eigenvalue weighted by molar-refractivity contribution is 5.97. The average Bonchev–Trinajstić information content (AvgIpc) is 2.92. The molecule has 0 aromatic heterocycles. The number of carbonyl (C=O) groups excluding carboxylic acids is 1. The highest BCUT2D eigenvalue weighted by Crippen LogP contribution is 2.28. The van der Waals surface area contributed by atoms with Gasteiger partial charge in [0.15, 0.2) is 0 Å². The number of carbonyl (C=O) groups is 1. The minimum atomic E-state index is -0.0487. The summed E-state index contributed by atoms with van der Waals surface area (Å²) in [7, 11) is 0. The molecule has 4 nitrogen and oxygen atoms in total. The third-order valence-corrected chi connectivity index (χ3v) is 4.12. The molecular weight excluding hydrogens is 228 g/mol. The molecule has 2 fully saturated rings. The van der Waals surface area contributed by atoms with Gasteiger partial charge in [-0.25, -0.2) is 0 Å². The van der Waals surface area contributed by atoms with E-state index in [9.17, 15) is 9.90 Å². The number of hydrogen-bond acceptors (Lipinski definition) is 3. The second kappa shape index (κ2) is 4.28. The van der Waals surface area contributed by atoms with Gasteiger partial charge in [-0.2, -0.15) is 0 Å². The van der Waals surface area contributed by atoms with Crippen LogP contribution in [0.1, 0.15) is 22.3 Å². The predicted octanol–water partition coefficient (Wildman–Crippen LogP) is 1.13. The van der Waals surface area contributed by atoms with Crippen LogP contribution in [0.15, 0.2) is 18.2 Å². The smallest absolute Gasteiger partial charge is 0.257 e. The van der Waals surface area contributed by atoms with E-state index in [-0.39, 0.29) is 11.7 Å². The molecule has 2 N–H and O–H groups in total. The van der Waals surface area contributed by atoms with E-state index < -0.39 is 0 Å². The molecule has 2 aliphatic heterocycles. The van der Waals surface area contributed by atoms with Gasteiger partial charge in [0.25, 0.3) is 5.91 Å². The number of nitrogens with one attached hydrogen (secondary N) is 1. The molecule has 0 radical (unpaired) electrons. The van der Waals surface area contributed by atoms with E-state index in [0.29, 0.717) is 17.5 Å². The molecule has 1 aromatic rings. The van der Waals surface area contributed by atoms with E-state index in [4.69, 9.17) is 0 Å². The number of phenolic OH excluding ortho intramolecular Hbond substituents is 1. The van der Waals surface area contributed by atoms with Crippen LogP contribution < -0.4 is 5.32 Å². The lowest BCUT2D eigenvalue weighted by atomic mass is 10.1. The number of aryl methyl sites for hydroxylation is 1. The van der Waals surface area contributed by atoms with E-state index in [1.54, 1.807) is 6.07 Å². The van der Waals surface area contributed by atoms with E-state index in [0.717, 1.165) is 31.6 Å². The maximum absolute atomic E-state index is 12.4. The molecule has 96 valence electrons. The van der Waals surface area contributed by atoms with Crippen molar-refractivity contribution in [2.24, 2.45) is 5.92 Å². The first kappa shape index (κ1) is 11.5. The first-order valence-electron chi connectivity index (χ1n) is 6.48. The molecule has 0 bridgehead atoms. The van der Waals surface area contributed by atoms with Crippen molar-refractivity contribution in [2.75, 3.05) is 19.6 Å². The van der Waals surface area contributed by atoms with Crippen LogP contribution in [0.3, 0.4) is 0 Å². The van der Waals surface area contributed by atoms with E-state index in [2.05, 4.69) is 5.32 Å². The SMILES string of the molecule is Cc1cccc(C(=O)N2C[C@@H]3CCN[C@@H]3C2)c1O. The van der Waals surface area contributed by atoms with Crippen LogP contribution in [0.5, 0.6) is 5.75 Å². The number of rotatable bonds is 1. The molecular formula is C14H18N2O2. The van der Waals surface area contributed by atoms with Crippen LogP contribution in [0.25, 0.3) is 0 Å². The van der Waals surface area contributed by atoms with Crippen LogP contribution in [0, 0.1) is 12.8 Å². The Morgan fingerprint density at radius 2 is 2.28 bits per heavy atom. The number of para-hydroxylation sites is 1. The second-order valence-electron chi connectivity index (χ2n) is 5.29. The molecule has 18 heavy (non-hydrogen) atoms. The minimum absolute atomic E-state index is 0.0487. The number of nitrogens with zero attached hydrogens (tertiary/aromatic N) is 1. The summed E-state index contributed by atoms with van der Waals surface area (Å²) in [6, 6.07) is 5.77. The third-order valence-electron chi connectivity index (χ3n) is 4.12. The fraction of sp³-hybridized carbons (Fsp3) is 0.500. The van der Waals surface area contributed by atoms with Crippen molar-refractivity contribution in [1.29, 1.82) is 0 Å². The molecule has 2 heterocycles. The van der Waals surface area contributed by atoms with Crippen LogP contribution in [0.4, 0.5) is 0 Å². The summed E-state index contributed by atoms with van der Waals surface area (Å²) in [5.74, 6) is 0.654. The Morgan fingerprint density at radius 1 is 1.44 bits per heavy atom. The van der Waals surface area contributed by atoms with Crippen molar-refractivity contribution < 1.29 is 9.90 Å². The van der Waals surface area contributed by atoms with Crippen molar-refractivity contribution in [1.82, 2.24) is 10.2 Å². The van der Waals surface area contributed by atoms with Gasteiger partial charge < -0.3 is 15.3 Å². The van der Waals surface area contributed by atoms with Gasteiger partial charge in [0.05, 0.1) is 5.56 Å². The highest BCUT2D eigenvalue weighted by Gasteiger charge is 2.38. The molecule has 0 unspecified atom stereocenters. The summed E-state index contributed by atoms with van der Waals surface area (Å²) in [5, 5.41) is 13.4. The quantitative estimate of drug-likeness (QED) is 0.781. The van der Waals surface area contributed by atoms with Gasteiger partial charge in [0.2, 0.25) is 0 Å².